The van der Waals surface area contributed by atoms with Gasteiger partial charge in [0.25, 0.3) is 5.91 Å². The molecule has 0 spiro atoms. The van der Waals surface area contributed by atoms with Crippen LogP contribution in [-0.2, 0) is 11.3 Å². The third-order valence-electron chi connectivity index (χ3n) is 5.59. The predicted octanol–water partition coefficient (Wildman–Crippen LogP) is 2.73. The Morgan fingerprint density at radius 3 is 2.30 bits per heavy atom. The average Bonchev–Trinajstić information content (AvgIpc) is 3.02. The van der Waals surface area contributed by atoms with E-state index in [0.29, 0.717) is 17.8 Å². The number of rotatable bonds is 7. The highest BCUT2D eigenvalue weighted by Gasteiger charge is 2.25. The molecule has 3 aromatic rings. The van der Waals surface area contributed by atoms with Crippen molar-refractivity contribution >= 4 is 17.4 Å². The Labute approximate surface area is 177 Å². The van der Waals surface area contributed by atoms with Crippen molar-refractivity contribution in [2.45, 2.75) is 40.3 Å². The molecule has 0 radical (unpaired) electrons. The minimum absolute atomic E-state index is 0.00668. The first-order valence-electron chi connectivity index (χ1n) is 10.1. The van der Waals surface area contributed by atoms with E-state index in [-0.39, 0.29) is 17.7 Å². The van der Waals surface area contributed by atoms with E-state index in [1.807, 2.05) is 55.9 Å². The Morgan fingerprint density at radius 2 is 1.70 bits per heavy atom. The van der Waals surface area contributed by atoms with Gasteiger partial charge in [0, 0.05) is 11.3 Å². The molecule has 1 amide bonds. The van der Waals surface area contributed by atoms with Gasteiger partial charge in [-0.1, -0.05) is 18.2 Å². The number of anilines is 1. The Balaban J connectivity index is 1.69. The van der Waals surface area contributed by atoms with Crippen molar-refractivity contribution < 1.29 is 14.5 Å². The zero-order chi connectivity index (χ0) is 21.8. The SMILES string of the molecule is CC(=O)c1ccc(NC(=O)[C@@H](C)[NH+](C)Cc2c(C)nn(-c3ccccc3)c2C)cc1. The van der Waals surface area contributed by atoms with Crippen molar-refractivity contribution in [3.63, 3.8) is 0 Å². The summed E-state index contributed by atoms with van der Waals surface area (Å²) in [5.74, 6) is -0.0546. The number of amides is 1. The number of nitrogens with one attached hydrogen (secondary N) is 2. The van der Waals surface area contributed by atoms with E-state index in [2.05, 4.69) is 12.2 Å². The van der Waals surface area contributed by atoms with Gasteiger partial charge in [-0.25, -0.2) is 4.68 Å². The second kappa shape index (κ2) is 9.05. The predicted molar refractivity (Wildman–Crippen MR) is 118 cm³/mol. The zero-order valence-electron chi connectivity index (χ0n) is 18.2. The van der Waals surface area contributed by atoms with E-state index >= 15 is 0 Å². The smallest absolute Gasteiger partial charge is 0.282 e. The molecule has 0 aliphatic rings. The topological polar surface area (TPSA) is 68.4 Å². The van der Waals surface area contributed by atoms with Gasteiger partial charge in [0.15, 0.2) is 11.8 Å². The summed E-state index contributed by atoms with van der Waals surface area (Å²) >= 11 is 0. The number of aryl methyl sites for hydroxylation is 1. The molecule has 1 heterocycles. The molecule has 0 saturated carbocycles. The van der Waals surface area contributed by atoms with Gasteiger partial charge in [-0.15, -0.1) is 0 Å². The van der Waals surface area contributed by atoms with Gasteiger partial charge >= 0.3 is 0 Å². The maximum Gasteiger partial charge on any atom is 0.282 e. The number of Topliss-reactive ketones (excluding diaryl/α,β-unsaturated/α-hetero) is 1. The van der Waals surface area contributed by atoms with Crippen molar-refractivity contribution in [3.8, 4) is 5.69 Å². The number of benzene rings is 2. The van der Waals surface area contributed by atoms with Gasteiger partial charge in [-0.3, -0.25) is 9.59 Å². The van der Waals surface area contributed by atoms with Crippen molar-refractivity contribution in [1.29, 1.82) is 0 Å². The Morgan fingerprint density at radius 1 is 1.07 bits per heavy atom. The molecule has 0 fully saturated rings. The first kappa shape index (κ1) is 21.5. The first-order chi connectivity index (χ1) is 14.3. The van der Waals surface area contributed by atoms with Crippen LogP contribution in [0.15, 0.2) is 54.6 Å². The van der Waals surface area contributed by atoms with Crippen molar-refractivity contribution in [2.24, 2.45) is 0 Å². The summed E-state index contributed by atoms with van der Waals surface area (Å²) in [6.07, 6.45) is 0. The van der Waals surface area contributed by atoms with Gasteiger partial charge < -0.3 is 10.2 Å². The molecular formula is C24H29N4O2+. The van der Waals surface area contributed by atoms with E-state index in [0.717, 1.165) is 27.5 Å². The Bertz CT molecular complexity index is 1040. The lowest BCUT2D eigenvalue weighted by molar-refractivity contribution is -0.907. The van der Waals surface area contributed by atoms with Crippen LogP contribution in [0.1, 0.15) is 41.2 Å². The molecule has 0 bridgehead atoms. The van der Waals surface area contributed by atoms with Crippen LogP contribution in [0.3, 0.4) is 0 Å². The molecule has 0 aliphatic heterocycles. The summed E-state index contributed by atoms with van der Waals surface area (Å²) in [5, 5.41) is 7.65. The fraction of sp³-hybridized carbons (Fsp3) is 0.292. The number of aromatic nitrogens is 2. The lowest BCUT2D eigenvalue weighted by atomic mass is 10.1. The minimum Gasteiger partial charge on any atom is -0.324 e. The van der Waals surface area contributed by atoms with Gasteiger partial charge in [-0.2, -0.15) is 5.10 Å². The number of nitrogens with zero attached hydrogens (tertiary/aromatic N) is 2. The fourth-order valence-corrected chi connectivity index (χ4v) is 3.45. The second-order valence-electron chi connectivity index (χ2n) is 7.76. The highest BCUT2D eigenvalue weighted by atomic mass is 16.2. The maximum atomic E-state index is 12.7. The van der Waals surface area contributed by atoms with Gasteiger partial charge in [0.2, 0.25) is 0 Å². The monoisotopic (exact) mass is 405 g/mol. The molecule has 30 heavy (non-hydrogen) atoms. The van der Waals surface area contributed by atoms with Crippen molar-refractivity contribution in [3.05, 3.63) is 77.1 Å². The number of hydrogen-bond acceptors (Lipinski definition) is 3. The largest absolute Gasteiger partial charge is 0.324 e. The molecular weight excluding hydrogens is 376 g/mol. The quantitative estimate of drug-likeness (QED) is 0.594. The molecule has 0 aliphatic carbocycles. The number of likely N-dealkylation sites (N-methyl/N-ethyl adjacent to an activating group) is 1. The van der Waals surface area contributed by atoms with E-state index in [9.17, 15) is 9.59 Å². The van der Waals surface area contributed by atoms with Crippen LogP contribution >= 0.6 is 0 Å². The maximum absolute atomic E-state index is 12.7. The lowest BCUT2D eigenvalue weighted by Crippen LogP contribution is -3.12. The Kier molecular flexibility index (Phi) is 6.47. The summed E-state index contributed by atoms with van der Waals surface area (Å²) < 4.78 is 1.96. The van der Waals surface area contributed by atoms with E-state index < -0.39 is 0 Å². The van der Waals surface area contributed by atoms with Crippen LogP contribution in [-0.4, -0.2) is 34.6 Å². The second-order valence-corrected chi connectivity index (χ2v) is 7.76. The van der Waals surface area contributed by atoms with Gasteiger partial charge in [-0.05, 0) is 64.1 Å². The van der Waals surface area contributed by atoms with Crippen LogP contribution in [0.4, 0.5) is 5.69 Å². The molecule has 1 unspecified atom stereocenters. The standard InChI is InChI=1S/C24H28N4O2/c1-16-23(17(2)28(26-16)22-9-7-6-8-10-22)15-27(5)18(3)24(30)25-21-13-11-20(12-14-21)19(4)29/h6-14,18H,15H2,1-5H3,(H,25,30)/p+1/t18-/m1/s1. The zero-order valence-corrected chi connectivity index (χ0v) is 18.2. The molecule has 156 valence electrons. The summed E-state index contributed by atoms with van der Waals surface area (Å²) in [6, 6.07) is 16.8. The highest BCUT2D eigenvalue weighted by molar-refractivity contribution is 5.96. The summed E-state index contributed by atoms with van der Waals surface area (Å²) in [6.45, 7) is 8.22. The molecule has 1 aromatic heterocycles. The van der Waals surface area contributed by atoms with Gasteiger partial charge in [0.1, 0.15) is 6.54 Å². The number of carbonyl (C=O) groups is 2. The van der Waals surface area contributed by atoms with E-state index in [1.165, 1.54) is 6.92 Å². The first-order valence-corrected chi connectivity index (χ1v) is 10.1. The molecule has 3 rings (SSSR count). The third-order valence-corrected chi connectivity index (χ3v) is 5.59. The summed E-state index contributed by atoms with van der Waals surface area (Å²) in [5.41, 5.74) is 5.57. The van der Waals surface area contributed by atoms with E-state index in [4.69, 9.17) is 5.10 Å². The minimum atomic E-state index is -0.253. The van der Waals surface area contributed by atoms with Crippen LogP contribution in [0.25, 0.3) is 5.69 Å². The third kappa shape index (κ3) is 4.66. The van der Waals surface area contributed by atoms with Crippen molar-refractivity contribution in [1.82, 2.24) is 9.78 Å². The Hall–Kier alpha value is -3.25. The number of hydrogen-bond donors (Lipinski definition) is 2. The fourth-order valence-electron chi connectivity index (χ4n) is 3.45. The average molecular weight is 406 g/mol. The number of para-hydroxylation sites is 1. The van der Waals surface area contributed by atoms with Crippen molar-refractivity contribution in [2.75, 3.05) is 12.4 Å². The molecule has 6 heteroatoms. The number of carbonyl (C=O) groups excluding carboxylic acids is 2. The van der Waals surface area contributed by atoms with Crippen LogP contribution in [0, 0.1) is 13.8 Å². The molecule has 0 saturated heterocycles. The normalized spacial score (nSPS) is 13.0. The number of quaternary nitrogens is 1. The molecule has 2 atom stereocenters. The molecule has 2 aromatic carbocycles. The number of ketones is 1. The van der Waals surface area contributed by atoms with Crippen LogP contribution in [0.5, 0.6) is 0 Å². The highest BCUT2D eigenvalue weighted by Crippen LogP contribution is 2.17. The molecule has 2 N–H and O–H groups in total. The van der Waals surface area contributed by atoms with E-state index in [1.54, 1.807) is 24.3 Å². The lowest BCUT2D eigenvalue weighted by Gasteiger charge is -2.21. The summed E-state index contributed by atoms with van der Waals surface area (Å²) in [4.78, 5) is 25.2. The summed E-state index contributed by atoms with van der Waals surface area (Å²) in [7, 11) is 2.02. The van der Waals surface area contributed by atoms with Crippen LogP contribution in [0.2, 0.25) is 0 Å². The molecule has 6 nitrogen and oxygen atoms in total. The van der Waals surface area contributed by atoms with Crippen LogP contribution < -0.4 is 10.2 Å². The van der Waals surface area contributed by atoms with Gasteiger partial charge in [0.05, 0.1) is 29.7 Å².